The van der Waals surface area contributed by atoms with Crippen LogP contribution >= 0.6 is 0 Å². The van der Waals surface area contributed by atoms with Gasteiger partial charge in [0.2, 0.25) is 12.5 Å². The first-order valence-electron chi connectivity index (χ1n) is 17.9. The molecule has 5 rings (SSSR count). The Bertz CT molecular complexity index is 2040. The molecule has 0 spiro atoms. The van der Waals surface area contributed by atoms with Gasteiger partial charge in [0.25, 0.3) is 0 Å². The highest BCUT2D eigenvalue weighted by atomic mass is 19.1. The number of rotatable bonds is 10. The van der Waals surface area contributed by atoms with Gasteiger partial charge in [0, 0.05) is 41.4 Å². The molecule has 5 atom stereocenters. The van der Waals surface area contributed by atoms with Crippen molar-refractivity contribution in [3.05, 3.63) is 64.8 Å². The third-order valence-corrected chi connectivity index (χ3v) is 8.34. The predicted octanol–water partition coefficient (Wildman–Crippen LogP) is 4.83. The molecule has 3 aromatic rings. The molecule has 2 aliphatic rings. The molecule has 1 aliphatic heterocycles. The second kappa shape index (κ2) is 16.5. The molecule has 1 aliphatic carbocycles. The maximum Gasteiger partial charge on any atom is 0.407 e. The molecule has 0 radical (unpaired) electrons. The van der Waals surface area contributed by atoms with Gasteiger partial charge in [-0.05, 0) is 54.5 Å². The minimum absolute atomic E-state index is 0.0412. The lowest BCUT2D eigenvalue weighted by molar-refractivity contribution is -0.262. The fourth-order valence-corrected chi connectivity index (χ4v) is 6.04. The number of halogens is 1. The Balaban J connectivity index is 1.40. The van der Waals surface area contributed by atoms with Gasteiger partial charge in [-0.3, -0.25) is 24.2 Å². The molecule has 2 heterocycles. The van der Waals surface area contributed by atoms with E-state index in [0.29, 0.717) is 0 Å². The standard InChI is InChI=1S/C39H44FN3O13/c1-19-32(52-23(44)14-17-42-36(49)55-38(2,3)4)33(53-24(45)15-18-43-37(50)56-39(5,6)7)27(40)35(51-19)54-34-28-22(13-10-16-41-28)25-26(31(34)48)30(47)21-12-9-8-11-20(21)29(25)46/h8-13,16,19,27,32-33,35,48H,14-15,17-18H2,1-7H3,(H,42,49)(H,43,50)/t19-,27+,32+,33-,35-/m0/s1. The number of carbonyl (C=O) groups is 6. The number of benzene rings is 2. The van der Waals surface area contributed by atoms with Crippen molar-refractivity contribution in [1.82, 2.24) is 15.6 Å². The van der Waals surface area contributed by atoms with Crippen LogP contribution in [0.5, 0.6) is 11.5 Å². The number of ether oxygens (including phenoxy) is 6. The van der Waals surface area contributed by atoms with Crippen molar-refractivity contribution in [2.24, 2.45) is 0 Å². The lowest BCUT2D eigenvalue weighted by atomic mass is 9.81. The molecule has 2 aromatic carbocycles. The molecule has 2 amide bonds. The number of aromatic hydroxyl groups is 1. The first-order valence-corrected chi connectivity index (χ1v) is 17.9. The van der Waals surface area contributed by atoms with Gasteiger partial charge >= 0.3 is 24.1 Å². The van der Waals surface area contributed by atoms with Crippen molar-refractivity contribution in [1.29, 1.82) is 0 Å². The van der Waals surface area contributed by atoms with Crippen LogP contribution in [-0.4, -0.2) is 101 Å². The highest BCUT2D eigenvalue weighted by Gasteiger charge is 2.51. The minimum atomic E-state index is -2.40. The van der Waals surface area contributed by atoms with Crippen LogP contribution in [0.1, 0.15) is 93.2 Å². The minimum Gasteiger partial charge on any atom is -0.504 e. The number of hydrogen-bond acceptors (Lipinski definition) is 14. The zero-order chi connectivity index (χ0) is 41.1. The second-order valence-electron chi connectivity index (χ2n) is 15.1. The number of carbonyl (C=O) groups excluding carboxylic acids is 6. The first kappa shape index (κ1) is 41.3. The Morgan fingerprint density at radius 1 is 0.804 bits per heavy atom. The highest BCUT2D eigenvalue weighted by Crippen LogP contribution is 2.46. The molecule has 1 fully saturated rings. The van der Waals surface area contributed by atoms with E-state index in [9.17, 15) is 33.9 Å². The number of amides is 2. The molecule has 300 valence electrons. The fourth-order valence-electron chi connectivity index (χ4n) is 6.04. The largest absolute Gasteiger partial charge is 0.504 e. The molecule has 16 nitrogen and oxygen atoms in total. The number of esters is 2. The van der Waals surface area contributed by atoms with Crippen LogP contribution in [0.2, 0.25) is 0 Å². The summed E-state index contributed by atoms with van der Waals surface area (Å²) in [4.78, 5) is 81.7. The molecular formula is C39H44FN3O13. The van der Waals surface area contributed by atoms with Gasteiger partial charge in [-0.2, -0.15) is 0 Å². The van der Waals surface area contributed by atoms with Gasteiger partial charge in [-0.15, -0.1) is 0 Å². The van der Waals surface area contributed by atoms with E-state index in [1.807, 2.05) is 0 Å². The molecule has 1 saturated heterocycles. The number of ketones is 2. The Hall–Kier alpha value is -5.84. The van der Waals surface area contributed by atoms with E-state index in [2.05, 4.69) is 15.6 Å². The van der Waals surface area contributed by atoms with E-state index in [0.717, 1.165) is 0 Å². The number of phenols is 1. The first-order chi connectivity index (χ1) is 26.3. The molecule has 1 aromatic heterocycles. The van der Waals surface area contributed by atoms with E-state index >= 15 is 4.39 Å². The average molecular weight is 782 g/mol. The van der Waals surface area contributed by atoms with E-state index in [1.54, 1.807) is 53.7 Å². The van der Waals surface area contributed by atoms with Crippen LogP contribution in [0.4, 0.5) is 14.0 Å². The molecule has 17 heteroatoms. The predicted molar refractivity (Wildman–Crippen MR) is 194 cm³/mol. The molecule has 0 saturated carbocycles. The number of alkyl carbamates (subject to hydrolysis) is 2. The third kappa shape index (κ3) is 9.50. The van der Waals surface area contributed by atoms with E-state index in [1.165, 1.54) is 37.4 Å². The van der Waals surface area contributed by atoms with E-state index in [-0.39, 0.29) is 52.7 Å². The van der Waals surface area contributed by atoms with Gasteiger partial charge in [0.1, 0.15) is 16.7 Å². The molecule has 56 heavy (non-hydrogen) atoms. The molecule has 3 N–H and O–H groups in total. The van der Waals surface area contributed by atoms with Crippen molar-refractivity contribution in [2.45, 2.75) is 103 Å². The number of nitrogens with zero attached hydrogens (tertiary/aromatic N) is 1. The van der Waals surface area contributed by atoms with Crippen LogP contribution in [0.3, 0.4) is 0 Å². The summed E-state index contributed by atoms with van der Waals surface area (Å²) in [5.41, 5.74) is -2.01. The summed E-state index contributed by atoms with van der Waals surface area (Å²) >= 11 is 0. The topological polar surface area (TPSA) is 215 Å². The zero-order valence-electron chi connectivity index (χ0n) is 31.9. The van der Waals surface area contributed by atoms with Crippen LogP contribution in [0.25, 0.3) is 10.9 Å². The fraction of sp³-hybridized carbons (Fsp3) is 0.462. The zero-order valence-corrected chi connectivity index (χ0v) is 31.9. The highest BCUT2D eigenvalue weighted by molar-refractivity contribution is 6.33. The molecule has 0 unspecified atom stereocenters. The van der Waals surface area contributed by atoms with Gasteiger partial charge in [-0.25, -0.2) is 14.0 Å². The summed E-state index contributed by atoms with van der Waals surface area (Å²) in [7, 11) is 0. The van der Waals surface area contributed by atoms with E-state index in [4.69, 9.17) is 28.4 Å². The Labute approximate surface area is 321 Å². The Morgan fingerprint density at radius 2 is 1.32 bits per heavy atom. The van der Waals surface area contributed by atoms with Gasteiger partial charge in [0.05, 0.1) is 24.5 Å². The maximum absolute atomic E-state index is 16.7. The van der Waals surface area contributed by atoms with Gasteiger partial charge in [0.15, 0.2) is 35.3 Å². The quantitative estimate of drug-likeness (QED) is 0.145. The number of fused-ring (bicyclic) bond motifs is 4. The number of alkyl halides is 1. The monoisotopic (exact) mass is 781 g/mol. The normalized spacial score (nSPS) is 20.6. The second-order valence-corrected chi connectivity index (χ2v) is 15.1. The number of pyridine rings is 1. The van der Waals surface area contributed by atoms with Crippen molar-refractivity contribution < 1.29 is 66.7 Å². The summed E-state index contributed by atoms with van der Waals surface area (Å²) in [5.74, 6) is -4.42. The number of phenolic OH excluding ortho intramolecular Hbond substituents is 1. The number of aromatic nitrogens is 1. The van der Waals surface area contributed by atoms with Crippen molar-refractivity contribution in [3.8, 4) is 11.5 Å². The Morgan fingerprint density at radius 3 is 1.86 bits per heavy atom. The van der Waals surface area contributed by atoms with Crippen LogP contribution in [-0.2, 0) is 33.3 Å². The average Bonchev–Trinajstić information content (AvgIpc) is 3.10. The lowest BCUT2D eigenvalue weighted by Gasteiger charge is -2.41. The molecular weight excluding hydrogens is 737 g/mol. The SMILES string of the molecule is C[C@@H]1O[C@@H](Oc2c(O)c3c(c4cccnc24)C(=O)c2ccccc2C3=O)[C@H](F)[C@H](OC(=O)CCNC(=O)OC(C)(C)C)[C@@H]1OC(=O)CCNC(=O)OC(C)(C)C. The summed E-state index contributed by atoms with van der Waals surface area (Å²) in [6, 6.07) is 9.09. The summed E-state index contributed by atoms with van der Waals surface area (Å²) in [5, 5.41) is 16.5. The van der Waals surface area contributed by atoms with Gasteiger partial charge < -0.3 is 44.2 Å². The molecule has 0 bridgehead atoms. The lowest BCUT2D eigenvalue weighted by Crippen LogP contribution is -2.59. The third-order valence-electron chi connectivity index (χ3n) is 8.34. The summed E-state index contributed by atoms with van der Waals surface area (Å²) in [6.07, 6.45) is -10.1. The summed E-state index contributed by atoms with van der Waals surface area (Å²) in [6.45, 7) is 10.9. The number of nitrogens with one attached hydrogen (secondary N) is 2. The Kier molecular flexibility index (Phi) is 12.2. The maximum atomic E-state index is 16.7. The smallest absolute Gasteiger partial charge is 0.407 e. The van der Waals surface area contributed by atoms with Crippen molar-refractivity contribution in [2.75, 3.05) is 13.1 Å². The van der Waals surface area contributed by atoms with Crippen molar-refractivity contribution >= 4 is 46.6 Å². The van der Waals surface area contributed by atoms with Crippen LogP contribution in [0, 0.1) is 0 Å². The van der Waals surface area contributed by atoms with Crippen LogP contribution in [0.15, 0.2) is 42.6 Å². The summed E-state index contributed by atoms with van der Waals surface area (Å²) < 4.78 is 49.8. The van der Waals surface area contributed by atoms with Crippen molar-refractivity contribution in [3.63, 3.8) is 0 Å². The van der Waals surface area contributed by atoms with Gasteiger partial charge in [-0.1, -0.05) is 30.3 Å². The number of hydrogen-bond donors (Lipinski definition) is 3. The van der Waals surface area contributed by atoms with E-state index < -0.39 is 95.6 Å². The van der Waals surface area contributed by atoms with Crippen LogP contribution < -0.4 is 15.4 Å².